The van der Waals surface area contributed by atoms with Crippen LogP contribution >= 0.6 is 11.8 Å². The van der Waals surface area contributed by atoms with E-state index in [0.717, 1.165) is 5.75 Å². The second-order valence-electron chi connectivity index (χ2n) is 6.07. The molecule has 1 heterocycles. The van der Waals surface area contributed by atoms with Crippen LogP contribution in [0.2, 0.25) is 0 Å². The molecule has 2 amide bonds. The molecule has 0 saturated carbocycles. The van der Waals surface area contributed by atoms with Crippen LogP contribution in [-0.4, -0.2) is 48.4 Å². The van der Waals surface area contributed by atoms with E-state index >= 15 is 0 Å². The topological polar surface area (TPSA) is 80.2 Å². The maximum atomic E-state index is 12.7. The minimum atomic E-state index is -0.553. The Morgan fingerprint density at radius 2 is 1.64 bits per heavy atom. The third kappa shape index (κ3) is 4.64. The smallest absolute Gasteiger partial charge is 0.238 e. The summed E-state index contributed by atoms with van der Waals surface area (Å²) < 4.78 is 10.2. The van der Waals surface area contributed by atoms with E-state index in [1.54, 1.807) is 69.8 Å². The van der Waals surface area contributed by atoms with Crippen LogP contribution in [0.3, 0.4) is 0 Å². The Hall–Kier alpha value is -3.00. The molecule has 7 nitrogen and oxygen atoms in total. The van der Waals surface area contributed by atoms with Crippen LogP contribution in [0.25, 0.3) is 0 Å². The van der Waals surface area contributed by atoms with E-state index in [9.17, 15) is 9.59 Å². The third-order valence-electron chi connectivity index (χ3n) is 4.22. The fourth-order valence-electron chi connectivity index (χ4n) is 2.56. The molecule has 1 N–H and O–H groups in total. The number of anilines is 1. The van der Waals surface area contributed by atoms with Crippen LogP contribution in [0, 0.1) is 0 Å². The van der Waals surface area contributed by atoms with E-state index in [1.807, 2.05) is 0 Å². The van der Waals surface area contributed by atoms with Crippen molar-refractivity contribution in [3.05, 3.63) is 48.5 Å². The largest absolute Gasteiger partial charge is 0.497 e. The molecule has 0 radical (unpaired) electrons. The quantitative estimate of drug-likeness (QED) is 0.835. The van der Waals surface area contributed by atoms with Crippen LogP contribution in [-0.2, 0) is 9.59 Å². The highest BCUT2D eigenvalue weighted by Gasteiger charge is 2.34. The zero-order valence-corrected chi connectivity index (χ0v) is 16.7. The van der Waals surface area contributed by atoms with Crippen LogP contribution in [0.5, 0.6) is 11.5 Å². The van der Waals surface area contributed by atoms with Gasteiger partial charge in [0.25, 0.3) is 0 Å². The van der Waals surface area contributed by atoms with E-state index in [-0.39, 0.29) is 18.2 Å². The summed E-state index contributed by atoms with van der Waals surface area (Å²) in [6.07, 6.45) is 0.116. The molecular formula is C20H21N3O4S. The maximum absolute atomic E-state index is 12.7. The summed E-state index contributed by atoms with van der Waals surface area (Å²) in [6.45, 7) is 0. The Kier molecular flexibility index (Phi) is 6.20. The Morgan fingerprint density at radius 1 is 1.07 bits per heavy atom. The number of methoxy groups -OCH3 is 2. The highest BCUT2D eigenvalue weighted by molar-refractivity contribution is 8.15. The van der Waals surface area contributed by atoms with Crippen LogP contribution in [0.1, 0.15) is 6.42 Å². The first kappa shape index (κ1) is 19.8. The number of nitrogens with zero attached hydrogens (tertiary/aromatic N) is 2. The first-order chi connectivity index (χ1) is 13.5. The van der Waals surface area contributed by atoms with Gasteiger partial charge in [0.15, 0.2) is 5.17 Å². The standard InChI is InChI=1S/C20H21N3O4S/c1-23-18(24)12-17(19(25)21-13-4-8-15(26-2)9-5-13)28-20(23)22-14-6-10-16(27-3)11-7-14/h4-11,17H,12H2,1-3H3,(H,21,25). The number of amides is 2. The Morgan fingerprint density at radius 3 is 2.21 bits per heavy atom. The van der Waals surface area contributed by atoms with Gasteiger partial charge in [-0.3, -0.25) is 14.5 Å². The molecule has 1 aliphatic rings. The molecule has 8 heteroatoms. The second-order valence-corrected chi connectivity index (χ2v) is 7.24. The molecular weight excluding hydrogens is 378 g/mol. The molecule has 1 fully saturated rings. The molecule has 146 valence electrons. The number of benzene rings is 2. The van der Waals surface area contributed by atoms with Gasteiger partial charge in [0, 0.05) is 19.2 Å². The Labute approximate surface area is 167 Å². The van der Waals surface area contributed by atoms with Gasteiger partial charge in [0.2, 0.25) is 11.8 Å². The molecule has 1 atom stereocenters. The summed E-state index contributed by atoms with van der Waals surface area (Å²) in [5, 5.41) is 2.77. The predicted molar refractivity (Wildman–Crippen MR) is 110 cm³/mol. The molecule has 0 bridgehead atoms. The van der Waals surface area contributed by atoms with Gasteiger partial charge in [0.1, 0.15) is 16.7 Å². The number of rotatable bonds is 5. The van der Waals surface area contributed by atoms with E-state index in [2.05, 4.69) is 10.3 Å². The van der Waals surface area contributed by atoms with Gasteiger partial charge >= 0.3 is 0 Å². The van der Waals surface area contributed by atoms with Gasteiger partial charge in [-0.1, -0.05) is 11.8 Å². The number of carbonyl (C=O) groups excluding carboxylic acids is 2. The molecule has 2 aromatic carbocycles. The number of thioether (sulfide) groups is 1. The van der Waals surface area contributed by atoms with Crippen LogP contribution < -0.4 is 14.8 Å². The van der Waals surface area contributed by atoms with Gasteiger partial charge in [-0.25, -0.2) is 4.99 Å². The summed E-state index contributed by atoms with van der Waals surface area (Å²) in [7, 11) is 4.84. The molecule has 2 aromatic rings. The molecule has 0 aromatic heterocycles. The van der Waals surface area contributed by atoms with Crippen LogP contribution in [0.15, 0.2) is 53.5 Å². The number of ether oxygens (including phenoxy) is 2. The molecule has 1 saturated heterocycles. The summed E-state index contributed by atoms with van der Waals surface area (Å²) in [6, 6.07) is 14.2. The fourth-order valence-corrected chi connectivity index (χ4v) is 3.63. The minimum absolute atomic E-state index is 0.116. The normalized spacial score (nSPS) is 18.1. The van der Waals surface area contributed by atoms with Crippen molar-refractivity contribution in [2.45, 2.75) is 11.7 Å². The fraction of sp³-hybridized carbons (Fsp3) is 0.250. The molecule has 3 rings (SSSR count). The lowest BCUT2D eigenvalue weighted by Crippen LogP contribution is -2.43. The van der Waals surface area contributed by atoms with Crippen molar-refractivity contribution in [3.8, 4) is 11.5 Å². The lowest BCUT2D eigenvalue weighted by atomic mass is 10.2. The Balaban J connectivity index is 1.73. The minimum Gasteiger partial charge on any atom is -0.497 e. The first-order valence-electron chi connectivity index (χ1n) is 8.61. The van der Waals surface area contributed by atoms with Crippen molar-refractivity contribution in [2.24, 2.45) is 4.99 Å². The average molecular weight is 399 g/mol. The summed E-state index contributed by atoms with van der Waals surface area (Å²) >= 11 is 1.27. The first-order valence-corrected chi connectivity index (χ1v) is 9.49. The molecule has 0 spiro atoms. The number of hydrogen-bond acceptors (Lipinski definition) is 6. The lowest BCUT2D eigenvalue weighted by molar-refractivity contribution is -0.128. The molecule has 1 aliphatic heterocycles. The number of amidine groups is 1. The maximum Gasteiger partial charge on any atom is 0.238 e. The second kappa shape index (κ2) is 8.79. The van der Waals surface area contributed by atoms with E-state index in [0.29, 0.717) is 22.3 Å². The van der Waals surface area contributed by atoms with Gasteiger partial charge in [-0.2, -0.15) is 0 Å². The van der Waals surface area contributed by atoms with E-state index in [4.69, 9.17) is 9.47 Å². The van der Waals surface area contributed by atoms with Crippen LogP contribution in [0.4, 0.5) is 11.4 Å². The molecule has 0 aliphatic carbocycles. The Bertz CT molecular complexity index is 881. The monoisotopic (exact) mass is 399 g/mol. The molecule has 28 heavy (non-hydrogen) atoms. The summed E-state index contributed by atoms with van der Waals surface area (Å²) in [4.78, 5) is 31.0. The van der Waals surface area contributed by atoms with E-state index in [1.165, 1.54) is 16.7 Å². The van der Waals surface area contributed by atoms with Gasteiger partial charge in [-0.15, -0.1) is 0 Å². The highest BCUT2D eigenvalue weighted by Crippen LogP contribution is 2.29. The average Bonchev–Trinajstić information content (AvgIpc) is 2.72. The molecule has 1 unspecified atom stereocenters. The summed E-state index contributed by atoms with van der Waals surface area (Å²) in [5.41, 5.74) is 1.32. The van der Waals surface area contributed by atoms with Gasteiger partial charge in [-0.05, 0) is 48.5 Å². The number of carbonyl (C=O) groups is 2. The van der Waals surface area contributed by atoms with Crippen molar-refractivity contribution < 1.29 is 19.1 Å². The van der Waals surface area contributed by atoms with Crippen molar-refractivity contribution in [1.29, 1.82) is 0 Å². The zero-order chi connectivity index (χ0) is 20.1. The lowest BCUT2D eigenvalue weighted by Gasteiger charge is -2.28. The van der Waals surface area contributed by atoms with Crippen molar-refractivity contribution >= 4 is 40.1 Å². The van der Waals surface area contributed by atoms with E-state index < -0.39 is 5.25 Å². The van der Waals surface area contributed by atoms with Crippen molar-refractivity contribution in [2.75, 3.05) is 26.6 Å². The van der Waals surface area contributed by atoms with Crippen molar-refractivity contribution in [3.63, 3.8) is 0 Å². The highest BCUT2D eigenvalue weighted by atomic mass is 32.2. The van der Waals surface area contributed by atoms with Crippen molar-refractivity contribution in [1.82, 2.24) is 4.90 Å². The number of hydrogen-bond donors (Lipinski definition) is 1. The predicted octanol–water partition coefficient (Wildman–Crippen LogP) is 3.29. The van der Waals surface area contributed by atoms with Gasteiger partial charge in [0.05, 0.1) is 19.9 Å². The van der Waals surface area contributed by atoms with Gasteiger partial charge < -0.3 is 14.8 Å². The summed E-state index contributed by atoms with van der Waals surface area (Å²) in [5.74, 6) is 1.04. The zero-order valence-electron chi connectivity index (χ0n) is 15.8. The third-order valence-corrected chi connectivity index (χ3v) is 5.46. The number of nitrogens with one attached hydrogen (secondary N) is 1. The SMILES string of the molecule is COc1ccc(N=C2SC(C(=O)Nc3ccc(OC)cc3)CC(=O)N2C)cc1. The number of aliphatic imine (C=N–C) groups is 1.